The Balaban J connectivity index is 1.55. The number of benzene rings is 3. The molecular formula is C26H29N3O5S. The lowest BCUT2D eigenvalue weighted by molar-refractivity contribution is 0.0697. The molecule has 1 aliphatic rings. The minimum atomic E-state index is -3.87. The highest BCUT2D eigenvalue weighted by atomic mass is 32.2. The number of sulfonamides is 1. The van der Waals surface area contributed by atoms with Gasteiger partial charge in [-0.3, -0.25) is 4.72 Å². The van der Waals surface area contributed by atoms with E-state index < -0.39 is 16.0 Å². The van der Waals surface area contributed by atoms with Crippen LogP contribution in [0, 0.1) is 13.8 Å². The van der Waals surface area contributed by atoms with Gasteiger partial charge in [0.2, 0.25) is 0 Å². The summed E-state index contributed by atoms with van der Waals surface area (Å²) in [5, 5.41) is 9.88. The van der Waals surface area contributed by atoms with E-state index in [9.17, 15) is 18.3 Å². The highest BCUT2D eigenvalue weighted by molar-refractivity contribution is 7.92. The first-order chi connectivity index (χ1) is 16.7. The number of rotatable bonds is 7. The second-order valence-electron chi connectivity index (χ2n) is 8.56. The van der Waals surface area contributed by atoms with Crippen molar-refractivity contribution in [3.8, 4) is 5.75 Å². The maximum Gasteiger partial charge on any atom is 0.337 e. The Labute approximate surface area is 205 Å². The van der Waals surface area contributed by atoms with Crippen LogP contribution in [-0.2, 0) is 10.0 Å². The number of anilines is 3. The standard InChI is InChI=1S/C26H29N3O5S/c1-18-8-9-19(2)25(16-18)35(32,33)27-20-10-11-22(21(17-20)26(30)31)28-12-14-29(15-13-28)23-6-4-5-7-24(23)34-3/h4-11,16-17,27H,12-15H2,1-3H3,(H,30,31). The van der Waals surface area contributed by atoms with Crippen LogP contribution in [0.5, 0.6) is 5.75 Å². The van der Waals surface area contributed by atoms with Crippen LogP contribution < -0.4 is 19.3 Å². The smallest absolute Gasteiger partial charge is 0.337 e. The molecule has 0 unspecified atom stereocenters. The van der Waals surface area contributed by atoms with E-state index in [1.54, 1.807) is 38.3 Å². The maximum atomic E-state index is 13.0. The van der Waals surface area contributed by atoms with E-state index in [0.717, 1.165) is 17.0 Å². The topological polar surface area (TPSA) is 99.2 Å². The van der Waals surface area contributed by atoms with Crippen LogP contribution in [0.25, 0.3) is 0 Å². The first-order valence-corrected chi connectivity index (χ1v) is 12.8. The summed E-state index contributed by atoms with van der Waals surface area (Å²) in [6.45, 7) is 6.17. The van der Waals surface area contributed by atoms with Gasteiger partial charge in [0.1, 0.15) is 5.75 Å². The van der Waals surface area contributed by atoms with Gasteiger partial charge in [-0.25, -0.2) is 13.2 Å². The van der Waals surface area contributed by atoms with Gasteiger partial charge < -0.3 is 19.6 Å². The van der Waals surface area contributed by atoms with Crippen LogP contribution in [0.3, 0.4) is 0 Å². The zero-order valence-corrected chi connectivity index (χ0v) is 20.8. The van der Waals surface area contributed by atoms with E-state index in [1.807, 2.05) is 42.2 Å². The zero-order chi connectivity index (χ0) is 25.2. The molecule has 3 aromatic carbocycles. The predicted molar refractivity (Wildman–Crippen MR) is 138 cm³/mol. The largest absolute Gasteiger partial charge is 0.495 e. The molecule has 0 aromatic heterocycles. The van der Waals surface area contributed by atoms with Crippen molar-refractivity contribution in [2.75, 3.05) is 47.8 Å². The number of hydrogen-bond acceptors (Lipinski definition) is 6. The fourth-order valence-corrected chi connectivity index (χ4v) is 5.71. The SMILES string of the molecule is COc1ccccc1N1CCN(c2ccc(NS(=O)(=O)c3cc(C)ccc3C)cc2C(=O)O)CC1. The monoisotopic (exact) mass is 495 g/mol. The Morgan fingerprint density at radius 1 is 0.914 bits per heavy atom. The van der Waals surface area contributed by atoms with Gasteiger partial charge in [0, 0.05) is 31.9 Å². The molecule has 0 amide bonds. The molecule has 35 heavy (non-hydrogen) atoms. The molecule has 0 bridgehead atoms. The lowest BCUT2D eigenvalue weighted by Crippen LogP contribution is -2.47. The van der Waals surface area contributed by atoms with Gasteiger partial charge >= 0.3 is 5.97 Å². The summed E-state index contributed by atoms with van der Waals surface area (Å²) in [6, 6.07) is 17.7. The molecule has 184 valence electrons. The van der Waals surface area contributed by atoms with Crippen molar-refractivity contribution >= 4 is 33.1 Å². The summed E-state index contributed by atoms with van der Waals surface area (Å²) in [4.78, 5) is 16.5. The summed E-state index contributed by atoms with van der Waals surface area (Å²) < 4.78 is 34.0. The van der Waals surface area contributed by atoms with Crippen molar-refractivity contribution in [1.29, 1.82) is 0 Å². The third-order valence-corrected chi connectivity index (χ3v) is 7.68. The zero-order valence-electron chi connectivity index (χ0n) is 20.0. The van der Waals surface area contributed by atoms with E-state index >= 15 is 0 Å². The first-order valence-electron chi connectivity index (χ1n) is 11.3. The predicted octanol–water partition coefficient (Wildman–Crippen LogP) is 4.14. The molecular weight excluding hydrogens is 466 g/mol. The van der Waals surface area contributed by atoms with Gasteiger partial charge in [-0.15, -0.1) is 0 Å². The normalized spacial score (nSPS) is 14.0. The number of para-hydroxylation sites is 2. The number of aryl methyl sites for hydroxylation is 2. The first kappa shape index (κ1) is 24.4. The van der Waals surface area contributed by atoms with Crippen molar-refractivity contribution < 1.29 is 23.1 Å². The van der Waals surface area contributed by atoms with Crippen LogP contribution in [0.2, 0.25) is 0 Å². The summed E-state index contributed by atoms with van der Waals surface area (Å²) in [7, 11) is -2.22. The molecule has 0 saturated carbocycles. The second-order valence-corrected chi connectivity index (χ2v) is 10.2. The van der Waals surface area contributed by atoms with Gasteiger partial charge in [0.15, 0.2) is 0 Å². The number of piperazine rings is 1. The lowest BCUT2D eigenvalue weighted by atomic mass is 10.1. The molecule has 3 aromatic rings. The number of ether oxygens (including phenoxy) is 1. The molecule has 9 heteroatoms. The van der Waals surface area contributed by atoms with Crippen LogP contribution in [0.15, 0.2) is 65.6 Å². The lowest BCUT2D eigenvalue weighted by Gasteiger charge is -2.38. The number of nitrogens with zero attached hydrogens (tertiary/aromatic N) is 2. The molecule has 8 nitrogen and oxygen atoms in total. The van der Waals surface area contributed by atoms with Gasteiger partial charge in [-0.1, -0.05) is 24.3 Å². The molecule has 1 saturated heterocycles. The van der Waals surface area contributed by atoms with Gasteiger partial charge in [-0.05, 0) is 61.4 Å². The Hall–Kier alpha value is -3.72. The summed E-state index contributed by atoms with van der Waals surface area (Å²) in [5.74, 6) is -0.312. The van der Waals surface area contributed by atoms with E-state index in [1.165, 1.54) is 6.07 Å². The molecule has 4 rings (SSSR count). The van der Waals surface area contributed by atoms with Crippen molar-refractivity contribution in [2.45, 2.75) is 18.7 Å². The molecule has 0 atom stereocenters. The molecule has 1 heterocycles. The van der Waals surface area contributed by atoms with Gasteiger partial charge in [0.05, 0.1) is 28.9 Å². The molecule has 0 aliphatic carbocycles. The van der Waals surface area contributed by atoms with Crippen molar-refractivity contribution in [3.05, 3.63) is 77.4 Å². The Morgan fingerprint density at radius 2 is 1.57 bits per heavy atom. The van der Waals surface area contributed by atoms with Crippen LogP contribution >= 0.6 is 0 Å². The van der Waals surface area contributed by atoms with Crippen LogP contribution in [0.4, 0.5) is 17.1 Å². The van der Waals surface area contributed by atoms with Gasteiger partial charge in [0.25, 0.3) is 10.0 Å². The Bertz CT molecular complexity index is 1350. The van der Waals surface area contributed by atoms with E-state index in [0.29, 0.717) is 37.4 Å². The number of nitrogens with one attached hydrogen (secondary N) is 1. The number of methoxy groups -OCH3 is 1. The fourth-order valence-electron chi connectivity index (χ4n) is 4.33. The average molecular weight is 496 g/mol. The van der Waals surface area contributed by atoms with Crippen molar-refractivity contribution in [2.24, 2.45) is 0 Å². The molecule has 1 fully saturated rings. The summed E-state index contributed by atoms with van der Waals surface area (Å²) in [5.41, 5.74) is 3.27. The summed E-state index contributed by atoms with van der Waals surface area (Å²) in [6.07, 6.45) is 0. The Kier molecular flexibility index (Phi) is 6.88. The quantitative estimate of drug-likeness (QED) is 0.508. The van der Waals surface area contributed by atoms with Crippen molar-refractivity contribution in [3.63, 3.8) is 0 Å². The van der Waals surface area contributed by atoms with Crippen LogP contribution in [0.1, 0.15) is 21.5 Å². The maximum absolute atomic E-state index is 13.0. The minimum absolute atomic E-state index is 0.0527. The molecule has 0 spiro atoms. The van der Waals surface area contributed by atoms with Crippen LogP contribution in [-0.4, -0.2) is 52.8 Å². The number of carboxylic acid groups (broad SMARTS) is 1. The second kappa shape index (κ2) is 9.87. The minimum Gasteiger partial charge on any atom is -0.495 e. The number of aromatic carboxylic acids is 1. The number of hydrogen-bond donors (Lipinski definition) is 2. The summed E-state index contributed by atoms with van der Waals surface area (Å²) >= 11 is 0. The van der Waals surface area contributed by atoms with Gasteiger partial charge in [-0.2, -0.15) is 0 Å². The average Bonchev–Trinajstić information content (AvgIpc) is 2.85. The Morgan fingerprint density at radius 3 is 2.23 bits per heavy atom. The highest BCUT2D eigenvalue weighted by Gasteiger charge is 2.24. The van der Waals surface area contributed by atoms with E-state index in [4.69, 9.17) is 4.74 Å². The molecule has 1 aliphatic heterocycles. The third kappa shape index (κ3) is 5.19. The third-order valence-electron chi connectivity index (χ3n) is 6.16. The molecule has 0 radical (unpaired) electrons. The molecule has 2 N–H and O–H groups in total. The van der Waals surface area contributed by atoms with Crippen molar-refractivity contribution in [1.82, 2.24) is 0 Å². The van der Waals surface area contributed by atoms with E-state index in [2.05, 4.69) is 9.62 Å². The van der Waals surface area contributed by atoms with E-state index in [-0.39, 0.29) is 16.1 Å². The number of carboxylic acids is 1. The highest BCUT2D eigenvalue weighted by Crippen LogP contribution is 2.31. The fraction of sp³-hybridized carbons (Fsp3) is 0.269. The number of carbonyl (C=O) groups is 1.